The molecule has 2 heterocycles. The molecule has 0 amide bonds. The van der Waals surface area contributed by atoms with Crippen LogP contribution in [0.3, 0.4) is 0 Å². The molecule has 0 saturated heterocycles. The van der Waals surface area contributed by atoms with E-state index in [1.807, 2.05) is 133 Å². The molecule has 0 radical (unpaired) electrons. The monoisotopic (exact) mass is 831 g/mol. The lowest BCUT2D eigenvalue weighted by molar-refractivity contribution is 0.0514. The zero-order valence-electron chi connectivity index (χ0n) is 35.6. The quantitative estimate of drug-likeness (QED) is 0.0831. The molecule has 0 fully saturated rings. The minimum Gasteiger partial charge on any atom is -0.493 e. The molecule has 0 unspecified atom stereocenters. The van der Waals surface area contributed by atoms with Crippen LogP contribution in [0.5, 0.6) is 40.2 Å². The number of carbonyl (C=O) groups excluding carboxylic acids is 1. The van der Waals surface area contributed by atoms with Gasteiger partial charge in [0.2, 0.25) is 0 Å². The summed E-state index contributed by atoms with van der Waals surface area (Å²) >= 11 is 0. The summed E-state index contributed by atoms with van der Waals surface area (Å²) in [6.07, 6.45) is 0.604. The van der Waals surface area contributed by atoms with E-state index in [9.17, 15) is 4.79 Å². The first-order valence-corrected chi connectivity index (χ1v) is 20.5. The molecule has 0 aliphatic carbocycles. The van der Waals surface area contributed by atoms with Crippen molar-refractivity contribution in [2.75, 3.05) is 35.0 Å². The molecule has 0 spiro atoms. The smallest absolute Gasteiger partial charge is 0.355 e. The van der Waals surface area contributed by atoms with E-state index in [2.05, 4.69) is 4.57 Å². The standard InChI is InChI=1S/C52H49NO9/c1-6-59-52(54)51-49(40-29-45(58-5)47(62-33-36-20-14-9-15-21-36)30-42(40)60-31-34-16-10-7-11-17-34)48(38-22-23-41(55-2)43(27-38)56-3)50-39-28-44(57-4)46(26-37(39)24-25-53(50)51)61-32-35-18-12-8-13-19-35/h7-23,26-30H,6,24-25,31-33H2,1-5H3. The Morgan fingerprint density at radius 2 is 1.02 bits per heavy atom. The van der Waals surface area contributed by atoms with E-state index in [-0.39, 0.29) is 13.2 Å². The highest BCUT2D eigenvalue weighted by molar-refractivity contribution is 6.08. The fraction of sp³-hybridized carbons (Fsp3) is 0.212. The summed E-state index contributed by atoms with van der Waals surface area (Å²) in [5.74, 6) is 3.21. The molecule has 7 aromatic rings. The average Bonchev–Trinajstić information content (AvgIpc) is 3.68. The van der Waals surface area contributed by atoms with Crippen LogP contribution < -0.4 is 33.2 Å². The molecule has 10 nitrogen and oxygen atoms in total. The Balaban J connectivity index is 1.39. The van der Waals surface area contributed by atoms with Crippen molar-refractivity contribution >= 4 is 5.97 Å². The Labute approximate surface area is 362 Å². The van der Waals surface area contributed by atoms with Gasteiger partial charge in [0.25, 0.3) is 0 Å². The maximum Gasteiger partial charge on any atom is 0.355 e. The van der Waals surface area contributed by atoms with Crippen LogP contribution >= 0.6 is 0 Å². The summed E-state index contributed by atoms with van der Waals surface area (Å²) in [6.45, 7) is 3.37. The van der Waals surface area contributed by atoms with Gasteiger partial charge < -0.3 is 42.5 Å². The number of hydrogen-bond acceptors (Lipinski definition) is 9. The van der Waals surface area contributed by atoms with Gasteiger partial charge in [0.05, 0.1) is 40.7 Å². The molecule has 1 aliphatic heterocycles. The SMILES string of the molecule is CCOC(=O)c1c(-c2cc(OC)c(OCc3ccccc3)cc2OCc2ccccc2)c(-c2ccc(OC)c(OC)c2)c2n1CCc1cc(OCc3ccccc3)c(OC)cc1-2. The minimum absolute atomic E-state index is 0.171. The van der Waals surface area contributed by atoms with Crippen molar-refractivity contribution in [2.24, 2.45) is 0 Å². The summed E-state index contributed by atoms with van der Waals surface area (Å²) in [6, 6.07) is 43.4. The lowest BCUT2D eigenvalue weighted by Crippen LogP contribution is -2.18. The van der Waals surface area contributed by atoms with Gasteiger partial charge in [-0.25, -0.2) is 4.79 Å². The maximum absolute atomic E-state index is 14.6. The molecule has 0 N–H and O–H groups in total. The lowest BCUT2D eigenvalue weighted by Gasteiger charge is -2.24. The molecule has 1 aliphatic rings. The number of ether oxygens (including phenoxy) is 8. The van der Waals surface area contributed by atoms with Crippen molar-refractivity contribution in [2.45, 2.75) is 39.7 Å². The summed E-state index contributed by atoms with van der Waals surface area (Å²) in [5.41, 5.74) is 8.79. The Morgan fingerprint density at radius 1 is 0.516 bits per heavy atom. The van der Waals surface area contributed by atoms with Gasteiger partial charge in [-0.3, -0.25) is 0 Å². The molecule has 0 bridgehead atoms. The summed E-state index contributed by atoms with van der Waals surface area (Å²) in [4.78, 5) is 14.6. The highest BCUT2D eigenvalue weighted by Crippen LogP contribution is 2.53. The van der Waals surface area contributed by atoms with Crippen molar-refractivity contribution in [1.82, 2.24) is 4.57 Å². The van der Waals surface area contributed by atoms with Crippen LogP contribution in [-0.2, 0) is 37.5 Å². The molecule has 8 rings (SSSR count). The Bertz CT molecular complexity index is 2660. The van der Waals surface area contributed by atoms with Gasteiger partial charge >= 0.3 is 5.97 Å². The van der Waals surface area contributed by atoms with Gasteiger partial charge in [0.1, 0.15) is 31.3 Å². The van der Waals surface area contributed by atoms with E-state index in [1.165, 1.54) is 0 Å². The molecular formula is C52H49NO9. The lowest BCUT2D eigenvalue weighted by atomic mass is 9.89. The van der Waals surface area contributed by atoms with Crippen LogP contribution in [0.4, 0.5) is 0 Å². The normalized spacial score (nSPS) is 11.5. The number of hydrogen-bond donors (Lipinski definition) is 0. The average molecular weight is 832 g/mol. The van der Waals surface area contributed by atoms with Crippen molar-refractivity contribution < 1.29 is 42.7 Å². The Morgan fingerprint density at radius 3 is 1.55 bits per heavy atom. The van der Waals surface area contributed by atoms with Crippen LogP contribution in [0.15, 0.2) is 133 Å². The number of aromatic nitrogens is 1. The van der Waals surface area contributed by atoms with Gasteiger partial charge in [0.15, 0.2) is 34.5 Å². The van der Waals surface area contributed by atoms with Gasteiger partial charge in [-0.2, -0.15) is 0 Å². The third kappa shape index (κ3) is 8.49. The predicted molar refractivity (Wildman–Crippen MR) is 239 cm³/mol. The number of rotatable bonds is 17. The van der Waals surface area contributed by atoms with Gasteiger partial charge in [-0.15, -0.1) is 0 Å². The van der Waals surface area contributed by atoms with E-state index < -0.39 is 5.97 Å². The van der Waals surface area contributed by atoms with Gasteiger partial charge in [0, 0.05) is 34.9 Å². The molecule has 0 atom stereocenters. The van der Waals surface area contributed by atoms with Crippen molar-refractivity contribution in [3.8, 4) is 73.8 Å². The zero-order valence-corrected chi connectivity index (χ0v) is 35.6. The molecular weight excluding hydrogens is 783 g/mol. The van der Waals surface area contributed by atoms with E-state index >= 15 is 0 Å². The minimum atomic E-state index is -0.480. The molecule has 10 heteroatoms. The first kappa shape index (κ1) is 41.4. The molecule has 0 saturated carbocycles. The van der Waals surface area contributed by atoms with Crippen molar-refractivity contribution in [1.29, 1.82) is 0 Å². The molecule has 6 aromatic carbocycles. The van der Waals surface area contributed by atoms with Crippen LogP contribution in [0.25, 0.3) is 33.5 Å². The Hall–Kier alpha value is -7.33. The summed E-state index contributed by atoms with van der Waals surface area (Å²) in [7, 11) is 6.44. The summed E-state index contributed by atoms with van der Waals surface area (Å²) in [5, 5.41) is 0. The van der Waals surface area contributed by atoms with E-state index in [0.29, 0.717) is 83.2 Å². The number of methoxy groups -OCH3 is 4. The van der Waals surface area contributed by atoms with Crippen LogP contribution in [-0.4, -0.2) is 45.6 Å². The highest BCUT2D eigenvalue weighted by atomic mass is 16.5. The third-order valence-corrected chi connectivity index (χ3v) is 10.9. The second-order valence-corrected chi connectivity index (χ2v) is 14.6. The van der Waals surface area contributed by atoms with Crippen LogP contribution in [0, 0.1) is 0 Å². The zero-order chi connectivity index (χ0) is 43.0. The first-order chi connectivity index (χ1) is 30.4. The van der Waals surface area contributed by atoms with Crippen LogP contribution in [0.1, 0.15) is 39.7 Å². The van der Waals surface area contributed by atoms with E-state index in [0.717, 1.165) is 44.6 Å². The van der Waals surface area contributed by atoms with E-state index in [1.54, 1.807) is 35.4 Å². The van der Waals surface area contributed by atoms with Gasteiger partial charge in [-0.1, -0.05) is 97.1 Å². The Kier molecular flexibility index (Phi) is 12.6. The summed E-state index contributed by atoms with van der Waals surface area (Å²) < 4.78 is 51.2. The fourth-order valence-corrected chi connectivity index (χ4v) is 7.94. The van der Waals surface area contributed by atoms with Crippen LogP contribution in [0.2, 0.25) is 0 Å². The van der Waals surface area contributed by atoms with Gasteiger partial charge in [-0.05, 0) is 71.5 Å². The number of nitrogens with zero attached hydrogens (tertiary/aromatic N) is 1. The van der Waals surface area contributed by atoms with Crippen molar-refractivity contribution in [3.05, 3.63) is 161 Å². The number of fused-ring (bicyclic) bond motifs is 3. The maximum atomic E-state index is 14.6. The number of benzene rings is 6. The van der Waals surface area contributed by atoms with Crippen molar-refractivity contribution in [3.63, 3.8) is 0 Å². The number of aryl methyl sites for hydroxylation is 1. The van der Waals surface area contributed by atoms with E-state index in [4.69, 9.17) is 37.9 Å². The second-order valence-electron chi connectivity index (χ2n) is 14.6. The highest BCUT2D eigenvalue weighted by Gasteiger charge is 2.36. The molecule has 62 heavy (non-hydrogen) atoms. The largest absolute Gasteiger partial charge is 0.493 e. The first-order valence-electron chi connectivity index (χ1n) is 20.5. The topological polar surface area (TPSA) is 95.8 Å². The predicted octanol–water partition coefficient (Wildman–Crippen LogP) is 11.0. The molecule has 316 valence electrons. The number of esters is 1. The number of carbonyl (C=O) groups is 1. The second kappa shape index (κ2) is 18.9. The fourth-order valence-electron chi connectivity index (χ4n) is 7.94. The third-order valence-electron chi connectivity index (χ3n) is 10.9. The molecule has 1 aromatic heterocycles.